The molecule has 0 saturated carbocycles. The van der Waals surface area contributed by atoms with E-state index in [1.165, 1.54) is 11.3 Å². The first-order valence-corrected chi connectivity index (χ1v) is 7.03. The van der Waals surface area contributed by atoms with Gasteiger partial charge in [0.2, 0.25) is 0 Å². The van der Waals surface area contributed by atoms with E-state index in [0.29, 0.717) is 23.7 Å². The highest BCUT2D eigenvalue weighted by Crippen LogP contribution is 2.32. The fraction of sp³-hybridized carbons (Fsp3) is 0.286. The van der Waals surface area contributed by atoms with Crippen molar-refractivity contribution in [3.8, 4) is 0 Å². The molecule has 2 N–H and O–H groups in total. The number of nitrogen functional groups attached to an aromatic ring is 1. The third kappa shape index (κ3) is 2.61. The molecule has 1 amide bonds. The first-order valence-electron chi connectivity index (χ1n) is 6.22. The van der Waals surface area contributed by atoms with Crippen LogP contribution in [0.2, 0.25) is 0 Å². The van der Waals surface area contributed by atoms with Crippen molar-refractivity contribution in [2.24, 2.45) is 0 Å². The maximum Gasteiger partial charge on any atom is 0.266 e. The molecule has 19 heavy (non-hydrogen) atoms. The van der Waals surface area contributed by atoms with E-state index in [0.717, 1.165) is 16.6 Å². The second kappa shape index (κ2) is 5.84. The summed E-state index contributed by atoms with van der Waals surface area (Å²) in [6, 6.07) is 3.72. The minimum atomic E-state index is -0.0396. The topological polar surface area (TPSA) is 59.2 Å². The molecule has 0 aliphatic heterocycles. The number of pyridine rings is 1. The van der Waals surface area contributed by atoms with Gasteiger partial charge in [-0.25, -0.2) is 4.98 Å². The summed E-state index contributed by atoms with van der Waals surface area (Å²) in [7, 11) is 0. The summed E-state index contributed by atoms with van der Waals surface area (Å²) in [5.41, 5.74) is 6.60. The van der Waals surface area contributed by atoms with Gasteiger partial charge in [-0.15, -0.1) is 17.9 Å². The first-order chi connectivity index (χ1) is 9.19. The van der Waals surface area contributed by atoms with E-state index in [2.05, 4.69) is 11.6 Å². The SMILES string of the molecule is C=CCN(CCC)C(=O)c1sc2ncccc2c1N. The Morgan fingerprint density at radius 2 is 2.42 bits per heavy atom. The summed E-state index contributed by atoms with van der Waals surface area (Å²) in [6.07, 6.45) is 4.35. The Labute approximate surface area is 116 Å². The maximum absolute atomic E-state index is 12.5. The quantitative estimate of drug-likeness (QED) is 0.853. The Morgan fingerprint density at radius 1 is 1.63 bits per heavy atom. The molecular formula is C14H17N3OS. The highest BCUT2D eigenvalue weighted by atomic mass is 32.1. The number of nitrogens with zero attached hydrogens (tertiary/aromatic N) is 2. The molecule has 2 rings (SSSR count). The standard InChI is InChI=1S/C14H17N3OS/c1-3-8-17(9-4-2)14(18)12-11(15)10-6-5-7-16-13(10)19-12/h3,5-7H,1,4,8-9,15H2,2H3. The van der Waals surface area contributed by atoms with Crippen LogP contribution in [0.15, 0.2) is 31.0 Å². The number of carbonyl (C=O) groups excluding carboxylic acids is 1. The number of hydrogen-bond donors (Lipinski definition) is 1. The summed E-state index contributed by atoms with van der Waals surface area (Å²) in [5, 5.41) is 0.853. The van der Waals surface area contributed by atoms with Crippen LogP contribution in [-0.2, 0) is 0 Å². The van der Waals surface area contributed by atoms with Crippen molar-refractivity contribution in [2.75, 3.05) is 18.8 Å². The van der Waals surface area contributed by atoms with Gasteiger partial charge in [-0.1, -0.05) is 13.0 Å². The number of aromatic nitrogens is 1. The molecule has 0 radical (unpaired) electrons. The average Bonchev–Trinajstić information content (AvgIpc) is 2.76. The zero-order valence-electron chi connectivity index (χ0n) is 10.9. The number of hydrogen-bond acceptors (Lipinski definition) is 4. The van der Waals surface area contributed by atoms with Crippen LogP contribution in [0.4, 0.5) is 5.69 Å². The van der Waals surface area contributed by atoms with E-state index in [-0.39, 0.29) is 5.91 Å². The molecule has 100 valence electrons. The summed E-state index contributed by atoms with van der Waals surface area (Å²) >= 11 is 1.35. The predicted octanol–water partition coefficient (Wildman–Crippen LogP) is 2.92. The smallest absolute Gasteiger partial charge is 0.266 e. The molecule has 0 unspecified atom stereocenters. The van der Waals surface area contributed by atoms with Gasteiger partial charge in [0, 0.05) is 24.7 Å². The van der Waals surface area contributed by atoms with Crippen LogP contribution in [0.25, 0.3) is 10.2 Å². The zero-order valence-corrected chi connectivity index (χ0v) is 11.7. The summed E-state index contributed by atoms with van der Waals surface area (Å²) in [4.78, 5) is 19.9. The van der Waals surface area contributed by atoms with Crippen LogP contribution in [0.1, 0.15) is 23.0 Å². The fourth-order valence-electron chi connectivity index (χ4n) is 1.96. The Morgan fingerprint density at radius 3 is 3.05 bits per heavy atom. The lowest BCUT2D eigenvalue weighted by Gasteiger charge is -2.19. The number of fused-ring (bicyclic) bond motifs is 1. The molecule has 0 aliphatic rings. The van der Waals surface area contributed by atoms with Gasteiger partial charge >= 0.3 is 0 Å². The minimum absolute atomic E-state index is 0.0396. The monoisotopic (exact) mass is 275 g/mol. The molecule has 0 aliphatic carbocycles. The van der Waals surface area contributed by atoms with Gasteiger partial charge < -0.3 is 10.6 Å². The van der Waals surface area contributed by atoms with Crippen LogP contribution in [0, 0.1) is 0 Å². The lowest BCUT2D eigenvalue weighted by Crippen LogP contribution is -2.31. The maximum atomic E-state index is 12.5. The normalized spacial score (nSPS) is 10.6. The molecule has 2 aromatic rings. The average molecular weight is 275 g/mol. The molecule has 2 heterocycles. The van der Waals surface area contributed by atoms with Crippen molar-refractivity contribution in [3.63, 3.8) is 0 Å². The van der Waals surface area contributed by atoms with Crippen molar-refractivity contribution < 1.29 is 4.79 Å². The van der Waals surface area contributed by atoms with E-state index < -0.39 is 0 Å². The Balaban J connectivity index is 2.39. The van der Waals surface area contributed by atoms with Gasteiger partial charge in [-0.3, -0.25) is 4.79 Å². The lowest BCUT2D eigenvalue weighted by molar-refractivity contribution is 0.0780. The predicted molar refractivity (Wildman–Crippen MR) is 80.4 cm³/mol. The second-order valence-electron chi connectivity index (χ2n) is 4.24. The van der Waals surface area contributed by atoms with Gasteiger partial charge in [-0.05, 0) is 18.6 Å². The van der Waals surface area contributed by atoms with Gasteiger partial charge in [0.1, 0.15) is 9.71 Å². The lowest BCUT2D eigenvalue weighted by atomic mass is 10.2. The number of carbonyl (C=O) groups is 1. The number of thiophene rings is 1. The van der Waals surface area contributed by atoms with Gasteiger partial charge in [0.25, 0.3) is 5.91 Å². The molecule has 0 spiro atoms. The van der Waals surface area contributed by atoms with Crippen molar-refractivity contribution in [2.45, 2.75) is 13.3 Å². The highest BCUT2D eigenvalue weighted by Gasteiger charge is 2.21. The second-order valence-corrected chi connectivity index (χ2v) is 5.24. The van der Waals surface area contributed by atoms with E-state index in [1.807, 2.05) is 19.1 Å². The van der Waals surface area contributed by atoms with Gasteiger partial charge in [0.05, 0.1) is 5.69 Å². The van der Waals surface area contributed by atoms with E-state index in [9.17, 15) is 4.79 Å². The van der Waals surface area contributed by atoms with Crippen LogP contribution in [0.3, 0.4) is 0 Å². The van der Waals surface area contributed by atoms with Gasteiger partial charge in [0.15, 0.2) is 0 Å². The molecule has 4 nitrogen and oxygen atoms in total. The Hall–Kier alpha value is -1.88. The Bertz CT molecular complexity index is 606. The molecule has 0 bridgehead atoms. The third-order valence-corrected chi connectivity index (χ3v) is 3.95. The van der Waals surface area contributed by atoms with Crippen molar-refractivity contribution in [3.05, 3.63) is 35.9 Å². The van der Waals surface area contributed by atoms with Crippen LogP contribution >= 0.6 is 11.3 Å². The number of amides is 1. The van der Waals surface area contributed by atoms with Crippen LogP contribution in [-0.4, -0.2) is 28.9 Å². The first kappa shape index (κ1) is 13.5. The summed E-state index contributed by atoms with van der Waals surface area (Å²) in [5.74, 6) is -0.0396. The van der Waals surface area contributed by atoms with Crippen molar-refractivity contribution >= 4 is 33.1 Å². The number of nitrogens with two attached hydrogens (primary N) is 1. The third-order valence-electron chi connectivity index (χ3n) is 2.83. The van der Waals surface area contributed by atoms with E-state index >= 15 is 0 Å². The van der Waals surface area contributed by atoms with Crippen molar-refractivity contribution in [1.29, 1.82) is 0 Å². The zero-order chi connectivity index (χ0) is 13.8. The number of anilines is 1. The molecule has 0 saturated heterocycles. The molecule has 2 aromatic heterocycles. The Kier molecular flexibility index (Phi) is 4.16. The minimum Gasteiger partial charge on any atom is -0.397 e. The fourth-order valence-corrected chi connectivity index (χ4v) is 2.99. The molecule has 0 aromatic carbocycles. The largest absolute Gasteiger partial charge is 0.397 e. The summed E-state index contributed by atoms with van der Waals surface area (Å²) < 4.78 is 0. The van der Waals surface area contributed by atoms with Crippen molar-refractivity contribution in [1.82, 2.24) is 9.88 Å². The molecule has 0 fully saturated rings. The van der Waals surface area contributed by atoms with E-state index in [1.54, 1.807) is 17.2 Å². The molecule has 0 atom stereocenters. The highest BCUT2D eigenvalue weighted by molar-refractivity contribution is 7.21. The number of rotatable bonds is 5. The van der Waals surface area contributed by atoms with Crippen LogP contribution in [0.5, 0.6) is 0 Å². The summed E-state index contributed by atoms with van der Waals surface area (Å²) in [6.45, 7) is 6.97. The van der Waals surface area contributed by atoms with E-state index in [4.69, 9.17) is 5.73 Å². The molecule has 5 heteroatoms. The van der Waals surface area contributed by atoms with Crippen LogP contribution < -0.4 is 5.73 Å². The van der Waals surface area contributed by atoms with Gasteiger partial charge in [-0.2, -0.15) is 0 Å². The molecular weight excluding hydrogens is 258 g/mol.